The number of nitro groups is 2. The number of hydrogen-bond donors (Lipinski definition) is 2. The van der Waals surface area contributed by atoms with E-state index >= 15 is 0 Å². The van der Waals surface area contributed by atoms with Gasteiger partial charge in [0, 0.05) is 34.3 Å². The topological polar surface area (TPSA) is 318 Å². The number of allylic oxidation sites excluding steroid dienone is 6. The highest BCUT2D eigenvalue weighted by atomic mass is 35.5. The Balaban J connectivity index is 1.93. The second-order valence-corrected chi connectivity index (χ2v) is 19.6. The zero-order valence-corrected chi connectivity index (χ0v) is 36.6. The molecule has 0 amide bonds. The van der Waals surface area contributed by atoms with Crippen LogP contribution in [0.2, 0.25) is 20.1 Å². The Bertz CT molecular complexity index is 2910. The van der Waals surface area contributed by atoms with E-state index in [-0.39, 0.29) is 44.0 Å². The molecule has 28 heteroatoms. The van der Waals surface area contributed by atoms with Crippen LogP contribution in [0.1, 0.15) is 0 Å². The van der Waals surface area contributed by atoms with Gasteiger partial charge in [-0.2, -0.15) is 25.6 Å². The van der Waals surface area contributed by atoms with E-state index < -0.39 is 92.4 Å². The SMILES string of the molecule is NS(=O)(=O)C(/C=N/S(=O)(=O)c1cccc([N+](=O)[O-])c1)=C(\C=C\C=C\C(Oc1ccc(Cl)cc1Cl)=C(\C=N\S(=O)(=O)c1cccc([N+](=O)[O-])c1)S(N)(=O)=O)Oc1ccc(Cl)cc1Cl. The van der Waals surface area contributed by atoms with Crippen LogP contribution < -0.4 is 19.8 Å². The van der Waals surface area contributed by atoms with Gasteiger partial charge >= 0.3 is 0 Å². The zero-order chi connectivity index (χ0) is 46.2. The van der Waals surface area contributed by atoms with Crippen molar-refractivity contribution in [2.24, 2.45) is 19.1 Å². The minimum absolute atomic E-state index is 0.120. The molecule has 62 heavy (non-hydrogen) atoms. The first-order chi connectivity index (χ1) is 28.8. The Hall–Kier alpha value is -5.54. The maximum absolute atomic E-state index is 13.1. The van der Waals surface area contributed by atoms with Gasteiger partial charge in [-0.15, -0.1) is 0 Å². The first-order valence-electron chi connectivity index (χ1n) is 16.0. The number of nitro benzene ring substituents is 2. The number of halogens is 4. The summed E-state index contributed by atoms with van der Waals surface area (Å²) in [6, 6.07) is 14.6. The van der Waals surface area contributed by atoms with Crippen molar-refractivity contribution in [2.75, 3.05) is 0 Å². The van der Waals surface area contributed by atoms with Crippen LogP contribution in [0.15, 0.2) is 149 Å². The summed E-state index contributed by atoms with van der Waals surface area (Å²) < 4.78 is 122. The van der Waals surface area contributed by atoms with Gasteiger partial charge in [-0.3, -0.25) is 20.2 Å². The third kappa shape index (κ3) is 13.5. The average molecular weight is 1010 g/mol. The van der Waals surface area contributed by atoms with E-state index in [1.54, 1.807) is 0 Å². The quantitative estimate of drug-likeness (QED) is 0.0370. The third-order valence-electron chi connectivity index (χ3n) is 7.20. The van der Waals surface area contributed by atoms with Crippen molar-refractivity contribution in [3.63, 3.8) is 0 Å². The number of benzene rings is 4. The van der Waals surface area contributed by atoms with Crippen LogP contribution in [0, 0.1) is 20.2 Å². The summed E-state index contributed by atoms with van der Waals surface area (Å²) in [4.78, 5) is 17.1. The van der Waals surface area contributed by atoms with Crippen LogP contribution in [0.4, 0.5) is 11.4 Å². The number of primary sulfonamides is 2. The van der Waals surface area contributed by atoms with Gasteiger partial charge in [-0.25, -0.2) is 27.1 Å². The second-order valence-electron chi connectivity index (χ2n) is 11.5. The standard InChI is InChI=1S/C34H24Cl4N6O14S4/c35-21-11-13-29(27(37)15-21)57-31(33(59(39,49)50)19-41-61(53,54)25-7-3-5-23(17-25)43(45)46)9-1-2-10-32(58-30-14-12-22(36)16-28(30)38)34(60(40,51)52)20-42-62(55,56)26-8-4-6-24(18-26)44(47)48/h1-20H,(H2,39,49,50)(H2,40,51,52)/b9-1+,10-2+,33-31+,34-32+,41-19+,42-20+. The molecule has 0 saturated heterocycles. The lowest BCUT2D eigenvalue weighted by atomic mass is 10.3. The van der Waals surface area contributed by atoms with Gasteiger partial charge in [-0.05, 0) is 60.7 Å². The molecule has 4 N–H and O–H groups in total. The van der Waals surface area contributed by atoms with E-state index in [4.69, 9.17) is 66.2 Å². The predicted molar refractivity (Wildman–Crippen MR) is 230 cm³/mol. The van der Waals surface area contributed by atoms with Crippen LogP contribution in [0.25, 0.3) is 0 Å². The monoisotopic (exact) mass is 1010 g/mol. The summed E-state index contributed by atoms with van der Waals surface area (Å²) in [6.07, 6.45) is 4.14. The minimum atomic E-state index is -5.00. The van der Waals surface area contributed by atoms with E-state index in [2.05, 4.69) is 8.80 Å². The fourth-order valence-electron chi connectivity index (χ4n) is 4.40. The molecule has 326 valence electrons. The van der Waals surface area contributed by atoms with Crippen LogP contribution in [0.5, 0.6) is 11.5 Å². The van der Waals surface area contributed by atoms with E-state index in [1.807, 2.05) is 0 Å². The van der Waals surface area contributed by atoms with Gasteiger partial charge in [0.2, 0.25) is 20.0 Å². The molecule has 0 aromatic heterocycles. The normalized spacial score (nSPS) is 13.7. The number of non-ortho nitro benzene ring substituents is 2. The number of nitrogens with zero attached hydrogens (tertiary/aromatic N) is 4. The molecule has 4 aromatic carbocycles. The van der Waals surface area contributed by atoms with E-state index in [0.717, 1.165) is 60.7 Å². The van der Waals surface area contributed by atoms with Crippen molar-refractivity contribution in [1.82, 2.24) is 0 Å². The molecule has 0 atom stereocenters. The molecule has 4 aromatic rings. The Morgan fingerprint density at radius 2 is 0.919 bits per heavy atom. The minimum Gasteiger partial charge on any atom is -0.454 e. The predicted octanol–water partition coefficient (Wildman–Crippen LogP) is 6.61. The van der Waals surface area contributed by atoms with Gasteiger partial charge in [0.15, 0.2) is 0 Å². The fraction of sp³-hybridized carbons (Fsp3) is 0. The van der Waals surface area contributed by atoms with Gasteiger partial charge < -0.3 is 9.47 Å². The van der Waals surface area contributed by atoms with Gasteiger partial charge in [-0.1, -0.05) is 70.7 Å². The molecule has 0 aliphatic carbocycles. The molecule has 4 rings (SSSR count). The number of ether oxygens (including phenoxy) is 2. The second kappa shape index (κ2) is 20.1. The summed E-state index contributed by atoms with van der Waals surface area (Å²) >= 11 is 24.4. The first kappa shape index (κ1) is 49.1. The molecule has 0 fully saturated rings. The summed E-state index contributed by atoms with van der Waals surface area (Å²) in [5.74, 6) is -2.12. The van der Waals surface area contributed by atoms with E-state index in [1.165, 1.54) is 36.4 Å². The molecular weight excluding hydrogens is 986 g/mol. The van der Waals surface area contributed by atoms with E-state index in [0.29, 0.717) is 12.1 Å². The first-order valence-corrected chi connectivity index (χ1v) is 23.5. The average Bonchev–Trinajstić information content (AvgIpc) is 3.17. The Morgan fingerprint density at radius 1 is 0.565 bits per heavy atom. The smallest absolute Gasteiger partial charge is 0.282 e. The molecule has 20 nitrogen and oxygen atoms in total. The van der Waals surface area contributed by atoms with Crippen LogP contribution in [-0.2, 0) is 40.1 Å². The molecule has 0 aliphatic rings. The number of sulfonamides is 4. The number of nitrogens with two attached hydrogens (primary N) is 2. The van der Waals surface area contributed by atoms with Crippen molar-refractivity contribution < 1.29 is 53.0 Å². The molecule has 0 radical (unpaired) electrons. The Morgan fingerprint density at radius 3 is 1.23 bits per heavy atom. The fourth-order valence-corrected chi connectivity index (χ4v) is 8.38. The molecule has 0 aliphatic heterocycles. The molecule has 0 unspecified atom stereocenters. The largest absolute Gasteiger partial charge is 0.454 e. The van der Waals surface area contributed by atoms with Crippen LogP contribution in [-0.4, -0.2) is 55.9 Å². The van der Waals surface area contributed by atoms with Crippen LogP contribution >= 0.6 is 46.4 Å². The van der Waals surface area contributed by atoms with Crippen molar-refractivity contribution in [3.05, 3.63) is 171 Å². The number of hydrogen-bond acceptors (Lipinski definition) is 14. The van der Waals surface area contributed by atoms with Crippen molar-refractivity contribution in [1.29, 1.82) is 0 Å². The molecule has 0 spiro atoms. The lowest BCUT2D eigenvalue weighted by Gasteiger charge is -2.12. The lowest BCUT2D eigenvalue weighted by Crippen LogP contribution is -2.19. The van der Waals surface area contributed by atoms with Crippen molar-refractivity contribution >= 4 is 110 Å². The van der Waals surface area contributed by atoms with Gasteiger partial charge in [0.25, 0.3) is 31.4 Å². The van der Waals surface area contributed by atoms with Gasteiger partial charge in [0.1, 0.15) is 32.8 Å². The van der Waals surface area contributed by atoms with Gasteiger partial charge in [0.05, 0.1) is 42.1 Å². The van der Waals surface area contributed by atoms with E-state index in [9.17, 15) is 53.9 Å². The Kier molecular flexibility index (Phi) is 15.9. The lowest BCUT2D eigenvalue weighted by molar-refractivity contribution is -0.385. The molecule has 0 heterocycles. The number of rotatable bonds is 17. The maximum Gasteiger partial charge on any atom is 0.282 e. The maximum atomic E-state index is 13.1. The van der Waals surface area contributed by atoms with Crippen molar-refractivity contribution in [3.8, 4) is 11.5 Å². The molecule has 0 saturated carbocycles. The zero-order valence-electron chi connectivity index (χ0n) is 30.4. The highest BCUT2D eigenvalue weighted by Crippen LogP contribution is 2.32. The molecular formula is C34H24Cl4N6O14S4. The third-order valence-corrected chi connectivity index (χ3v) is 12.6. The Labute approximate surface area is 372 Å². The summed E-state index contributed by atoms with van der Waals surface area (Å²) in [6.45, 7) is 0. The highest BCUT2D eigenvalue weighted by Gasteiger charge is 2.24. The summed E-state index contributed by atoms with van der Waals surface area (Å²) in [7, 11) is -19.7. The molecule has 0 bridgehead atoms. The van der Waals surface area contributed by atoms with Crippen molar-refractivity contribution in [2.45, 2.75) is 9.79 Å². The van der Waals surface area contributed by atoms with Crippen LogP contribution in [0.3, 0.4) is 0 Å². The summed E-state index contributed by atoms with van der Waals surface area (Å²) in [5, 5.41) is 33.2. The highest BCUT2D eigenvalue weighted by molar-refractivity contribution is 7.94. The summed E-state index contributed by atoms with van der Waals surface area (Å²) in [5.41, 5.74) is -1.26.